The Labute approximate surface area is 131 Å². The summed E-state index contributed by atoms with van der Waals surface area (Å²) in [4.78, 5) is 11.5. The lowest BCUT2D eigenvalue weighted by molar-refractivity contribution is -0.123. The Morgan fingerprint density at radius 1 is 1.35 bits per heavy atom. The van der Waals surface area contributed by atoms with E-state index in [1.165, 1.54) is 18.2 Å². The fourth-order valence-electron chi connectivity index (χ4n) is 2.00. The van der Waals surface area contributed by atoms with Crippen molar-refractivity contribution in [1.82, 2.24) is 10.0 Å². The first-order chi connectivity index (χ1) is 10.7. The molecule has 1 aromatic carbocycles. The molecule has 0 aromatic heterocycles. The lowest BCUT2D eigenvalue weighted by Gasteiger charge is -2.12. The van der Waals surface area contributed by atoms with Gasteiger partial charge in [-0.3, -0.25) is 4.79 Å². The molecular formula is C13H15F3N2O4S. The number of halogens is 3. The van der Waals surface area contributed by atoms with Gasteiger partial charge in [-0.25, -0.2) is 13.1 Å². The fraction of sp³-hybridized carbons (Fsp3) is 0.462. The van der Waals surface area contributed by atoms with Crippen LogP contribution in [0.3, 0.4) is 0 Å². The van der Waals surface area contributed by atoms with Crippen molar-refractivity contribution in [2.75, 3.05) is 19.8 Å². The van der Waals surface area contributed by atoms with Crippen LogP contribution < -0.4 is 10.0 Å². The van der Waals surface area contributed by atoms with Crippen LogP contribution in [0.4, 0.5) is 13.2 Å². The molecule has 6 nitrogen and oxygen atoms in total. The third kappa shape index (κ3) is 5.19. The molecule has 1 atom stereocenters. The van der Waals surface area contributed by atoms with Crippen molar-refractivity contribution < 1.29 is 31.1 Å². The maximum atomic E-state index is 12.2. The fourth-order valence-corrected chi connectivity index (χ4v) is 3.30. The molecule has 23 heavy (non-hydrogen) atoms. The van der Waals surface area contributed by atoms with E-state index in [0.29, 0.717) is 13.0 Å². The minimum absolute atomic E-state index is 0.167. The van der Waals surface area contributed by atoms with E-state index in [9.17, 15) is 26.4 Å². The Balaban J connectivity index is 2.10. The molecule has 0 aliphatic carbocycles. The molecule has 10 heteroatoms. The highest BCUT2D eigenvalue weighted by Gasteiger charge is 2.28. The van der Waals surface area contributed by atoms with Gasteiger partial charge in [-0.05, 0) is 24.6 Å². The van der Waals surface area contributed by atoms with Gasteiger partial charge in [0.2, 0.25) is 10.0 Å². The standard InChI is InChI=1S/C13H15F3N2O4S/c14-13(15,16)8-17-12(19)9-2-1-3-11(6-9)23(20,21)18-10-4-5-22-7-10/h1-3,6,10,18H,4-5,7-8H2,(H,17,19)/t10-/m0/s1. The van der Waals surface area contributed by atoms with Gasteiger partial charge in [0.15, 0.2) is 0 Å². The topological polar surface area (TPSA) is 84.5 Å². The zero-order valence-electron chi connectivity index (χ0n) is 11.9. The third-order valence-electron chi connectivity index (χ3n) is 3.11. The van der Waals surface area contributed by atoms with Crippen LogP contribution in [0.5, 0.6) is 0 Å². The summed E-state index contributed by atoms with van der Waals surface area (Å²) >= 11 is 0. The summed E-state index contributed by atoms with van der Waals surface area (Å²) < 4.78 is 68.2. The largest absolute Gasteiger partial charge is 0.405 e. The highest BCUT2D eigenvalue weighted by molar-refractivity contribution is 7.89. The minimum atomic E-state index is -4.54. The Morgan fingerprint density at radius 3 is 2.70 bits per heavy atom. The molecule has 1 aromatic rings. The first kappa shape index (κ1) is 17.7. The highest BCUT2D eigenvalue weighted by atomic mass is 32.2. The summed E-state index contributed by atoms with van der Waals surface area (Å²) in [6, 6.07) is 4.47. The Bertz CT molecular complexity index is 670. The predicted octanol–water partition coefficient (Wildman–Crippen LogP) is 1.05. The first-order valence-corrected chi connectivity index (χ1v) is 8.21. The number of benzene rings is 1. The second kappa shape index (κ2) is 6.85. The van der Waals surface area contributed by atoms with Crippen LogP contribution in [0.15, 0.2) is 29.2 Å². The molecule has 0 bridgehead atoms. The van der Waals surface area contributed by atoms with Gasteiger partial charge in [-0.1, -0.05) is 6.07 Å². The van der Waals surface area contributed by atoms with E-state index in [1.807, 2.05) is 0 Å². The van der Waals surface area contributed by atoms with Crippen LogP contribution in [-0.4, -0.2) is 46.3 Å². The predicted molar refractivity (Wildman–Crippen MR) is 74.4 cm³/mol. The summed E-state index contributed by atoms with van der Waals surface area (Å²) in [6.07, 6.45) is -4.01. The Kier molecular flexibility index (Phi) is 5.27. The van der Waals surface area contributed by atoms with Gasteiger partial charge in [-0.2, -0.15) is 13.2 Å². The van der Waals surface area contributed by atoms with Gasteiger partial charge in [0.25, 0.3) is 5.91 Å². The smallest absolute Gasteiger partial charge is 0.380 e. The molecule has 0 saturated carbocycles. The van der Waals surface area contributed by atoms with Crippen LogP contribution in [0, 0.1) is 0 Å². The van der Waals surface area contributed by atoms with E-state index in [2.05, 4.69) is 4.72 Å². The van der Waals surface area contributed by atoms with Crippen LogP contribution in [0.2, 0.25) is 0 Å². The molecule has 128 valence electrons. The lowest BCUT2D eigenvalue weighted by atomic mass is 10.2. The van der Waals surface area contributed by atoms with Crippen molar-refractivity contribution in [3.8, 4) is 0 Å². The van der Waals surface area contributed by atoms with Gasteiger partial charge in [0.05, 0.1) is 11.5 Å². The number of sulfonamides is 1. The van der Waals surface area contributed by atoms with Crippen LogP contribution >= 0.6 is 0 Å². The molecule has 1 aliphatic rings. The molecule has 2 N–H and O–H groups in total. The maximum Gasteiger partial charge on any atom is 0.405 e. The highest BCUT2D eigenvalue weighted by Crippen LogP contribution is 2.16. The quantitative estimate of drug-likeness (QED) is 0.830. The molecule has 1 aliphatic heterocycles. The average Bonchev–Trinajstić information content (AvgIpc) is 2.96. The van der Waals surface area contributed by atoms with E-state index in [4.69, 9.17) is 4.74 Å². The van der Waals surface area contributed by atoms with Crippen molar-refractivity contribution in [3.63, 3.8) is 0 Å². The van der Waals surface area contributed by atoms with Crippen molar-refractivity contribution in [2.24, 2.45) is 0 Å². The van der Waals surface area contributed by atoms with Gasteiger partial charge >= 0.3 is 6.18 Å². The Morgan fingerprint density at radius 2 is 2.09 bits per heavy atom. The molecule has 2 rings (SSSR count). The molecule has 0 unspecified atom stereocenters. The van der Waals surface area contributed by atoms with E-state index in [-0.39, 0.29) is 23.1 Å². The zero-order valence-corrected chi connectivity index (χ0v) is 12.7. The minimum Gasteiger partial charge on any atom is -0.380 e. The summed E-state index contributed by atoms with van der Waals surface area (Å²) in [6.45, 7) is -0.779. The molecule has 0 radical (unpaired) electrons. The van der Waals surface area contributed by atoms with E-state index >= 15 is 0 Å². The van der Waals surface area contributed by atoms with Crippen molar-refractivity contribution in [2.45, 2.75) is 23.5 Å². The average molecular weight is 352 g/mol. The monoisotopic (exact) mass is 352 g/mol. The molecule has 1 amide bonds. The number of nitrogens with one attached hydrogen (secondary N) is 2. The van der Waals surface area contributed by atoms with E-state index < -0.39 is 28.7 Å². The number of amides is 1. The van der Waals surface area contributed by atoms with Gasteiger partial charge in [0, 0.05) is 18.2 Å². The summed E-state index contributed by atoms with van der Waals surface area (Å²) in [7, 11) is -3.88. The number of hydrogen-bond donors (Lipinski definition) is 2. The normalized spacial score (nSPS) is 18.8. The maximum absolute atomic E-state index is 12.2. The van der Waals surface area contributed by atoms with Crippen LogP contribution in [0.1, 0.15) is 16.8 Å². The lowest BCUT2D eigenvalue weighted by Crippen LogP contribution is -2.35. The molecule has 1 saturated heterocycles. The third-order valence-corrected chi connectivity index (χ3v) is 4.63. The molecule has 1 fully saturated rings. The van der Waals surface area contributed by atoms with Crippen molar-refractivity contribution >= 4 is 15.9 Å². The van der Waals surface area contributed by atoms with E-state index in [0.717, 1.165) is 6.07 Å². The number of carbonyl (C=O) groups is 1. The number of ether oxygens (including phenoxy) is 1. The summed E-state index contributed by atoms with van der Waals surface area (Å²) in [5.74, 6) is -0.997. The van der Waals surface area contributed by atoms with E-state index in [1.54, 1.807) is 5.32 Å². The summed E-state index contributed by atoms with van der Waals surface area (Å²) in [5.41, 5.74) is -0.167. The SMILES string of the molecule is O=C(NCC(F)(F)F)c1cccc(S(=O)(=O)N[C@H]2CCOC2)c1. The number of alkyl halides is 3. The van der Waals surface area contributed by atoms with Gasteiger partial charge < -0.3 is 10.1 Å². The van der Waals surface area contributed by atoms with Crippen LogP contribution in [-0.2, 0) is 14.8 Å². The van der Waals surface area contributed by atoms with Crippen LogP contribution in [0.25, 0.3) is 0 Å². The second-order valence-electron chi connectivity index (χ2n) is 5.01. The van der Waals surface area contributed by atoms with Crippen molar-refractivity contribution in [3.05, 3.63) is 29.8 Å². The second-order valence-corrected chi connectivity index (χ2v) is 6.72. The van der Waals surface area contributed by atoms with Crippen molar-refractivity contribution in [1.29, 1.82) is 0 Å². The number of carbonyl (C=O) groups excluding carboxylic acids is 1. The van der Waals surface area contributed by atoms with Gasteiger partial charge in [-0.15, -0.1) is 0 Å². The first-order valence-electron chi connectivity index (χ1n) is 6.72. The van der Waals surface area contributed by atoms with Gasteiger partial charge in [0.1, 0.15) is 6.54 Å². The summed E-state index contributed by atoms with van der Waals surface area (Å²) in [5, 5.41) is 1.69. The number of rotatable bonds is 5. The molecule has 0 spiro atoms. The molecular weight excluding hydrogens is 337 g/mol. The molecule has 1 heterocycles. The zero-order chi connectivity index (χ0) is 17.1. The Hall–Kier alpha value is -1.65. The number of hydrogen-bond acceptors (Lipinski definition) is 4.